The fourth-order valence-corrected chi connectivity index (χ4v) is 4.60. The summed E-state index contributed by atoms with van der Waals surface area (Å²) in [7, 11) is 0. The zero-order chi connectivity index (χ0) is 21.4. The van der Waals surface area contributed by atoms with Gasteiger partial charge in [0.05, 0.1) is 11.5 Å². The molecule has 0 radical (unpaired) electrons. The van der Waals surface area contributed by atoms with Gasteiger partial charge < -0.3 is 5.32 Å². The lowest BCUT2D eigenvalue weighted by molar-refractivity contribution is -0.120. The zero-order valence-corrected chi connectivity index (χ0v) is 16.9. The largest absolute Gasteiger partial charge is 0.325 e. The van der Waals surface area contributed by atoms with E-state index in [1.54, 1.807) is 37.3 Å². The minimum absolute atomic E-state index is 0.196. The van der Waals surface area contributed by atoms with Crippen LogP contribution in [0.3, 0.4) is 0 Å². The Bertz CT molecular complexity index is 1150. The number of nitrogens with one attached hydrogen (secondary N) is 1. The monoisotopic (exact) mass is 394 g/mol. The van der Waals surface area contributed by atoms with Crippen molar-refractivity contribution in [3.63, 3.8) is 0 Å². The predicted molar refractivity (Wildman–Crippen MR) is 116 cm³/mol. The number of aryl methyl sites for hydroxylation is 1. The molecule has 148 valence electrons. The lowest BCUT2D eigenvalue weighted by Crippen LogP contribution is -2.31. The van der Waals surface area contributed by atoms with Crippen LogP contribution in [0.5, 0.6) is 0 Å². The standard InChI is InChI=1S/C26H22N2O2/c1-18-10-9-15-21(16-18)28-24(30)26(17-27)22(19-11-5-3-6-12-19)25(26,2)23(29)20-13-7-4-8-14-20/h3-16,22H,1-2H3,(H,28,30)/t22-,25-,26+/m0/s1. The van der Waals surface area contributed by atoms with E-state index in [1.807, 2.05) is 61.5 Å². The topological polar surface area (TPSA) is 70.0 Å². The van der Waals surface area contributed by atoms with Crippen LogP contribution in [0.1, 0.15) is 34.3 Å². The van der Waals surface area contributed by atoms with E-state index in [2.05, 4.69) is 11.4 Å². The van der Waals surface area contributed by atoms with Crippen LogP contribution in [-0.2, 0) is 4.79 Å². The molecule has 1 N–H and O–H groups in total. The molecule has 4 nitrogen and oxygen atoms in total. The maximum Gasteiger partial charge on any atom is 0.246 e. The van der Waals surface area contributed by atoms with Crippen molar-refractivity contribution in [1.82, 2.24) is 0 Å². The third kappa shape index (κ3) is 2.83. The van der Waals surface area contributed by atoms with E-state index in [9.17, 15) is 14.9 Å². The lowest BCUT2D eigenvalue weighted by Gasteiger charge is -2.15. The van der Waals surface area contributed by atoms with Crippen molar-refractivity contribution in [3.8, 4) is 6.07 Å². The predicted octanol–water partition coefficient (Wildman–Crippen LogP) is 5.13. The highest BCUT2D eigenvalue weighted by atomic mass is 16.2. The van der Waals surface area contributed by atoms with E-state index in [4.69, 9.17) is 0 Å². The second kappa shape index (κ2) is 7.27. The Kier molecular flexibility index (Phi) is 4.75. The molecular weight excluding hydrogens is 372 g/mol. The van der Waals surface area contributed by atoms with Crippen molar-refractivity contribution in [3.05, 3.63) is 102 Å². The highest BCUT2D eigenvalue weighted by Crippen LogP contribution is 2.75. The first kappa shape index (κ1) is 19.6. The van der Waals surface area contributed by atoms with E-state index in [0.717, 1.165) is 11.1 Å². The highest BCUT2D eigenvalue weighted by Gasteiger charge is 2.82. The molecule has 0 aliphatic heterocycles. The molecule has 0 heterocycles. The van der Waals surface area contributed by atoms with E-state index < -0.39 is 22.7 Å². The number of hydrogen-bond donors (Lipinski definition) is 1. The molecule has 1 amide bonds. The van der Waals surface area contributed by atoms with Gasteiger partial charge in [-0.1, -0.05) is 72.8 Å². The second-order valence-electron chi connectivity index (χ2n) is 7.98. The zero-order valence-electron chi connectivity index (χ0n) is 16.9. The number of nitrogens with zero attached hydrogens (tertiary/aromatic N) is 1. The van der Waals surface area contributed by atoms with Crippen LogP contribution in [0.25, 0.3) is 0 Å². The number of amides is 1. The molecule has 1 fully saturated rings. The molecule has 3 aromatic rings. The summed E-state index contributed by atoms with van der Waals surface area (Å²) in [5.41, 5.74) is 0.260. The van der Waals surface area contributed by atoms with E-state index in [0.29, 0.717) is 11.3 Å². The molecule has 4 heteroatoms. The average molecular weight is 394 g/mol. The number of nitriles is 1. The summed E-state index contributed by atoms with van der Waals surface area (Å²) >= 11 is 0. The van der Waals surface area contributed by atoms with Crippen molar-refractivity contribution in [1.29, 1.82) is 5.26 Å². The van der Waals surface area contributed by atoms with Crippen LogP contribution in [0.4, 0.5) is 5.69 Å². The maximum absolute atomic E-state index is 13.6. The first-order chi connectivity index (χ1) is 14.4. The molecular formula is C26H22N2O2. The Morgan fingerprint density at radius 3 is 2.17 bits per heavy atom. The Morgan fingerprint density at radius 2 is 1.57 bits per heavy atom. The van der Waals surface area contributed by atoms with Crippen molar-refractivity contribution >= 4 is 17.4 Å². The molecule has 30 heavy (non-hydrogen) atoms. The minimum atomic E-state index is -1.50. The summed E-state index contributed by atoms with van der Waals surface area (Å²) in [6, 6.07) is 27.9. The minimum Gasteiger partial charge on any atom is -0.325 e. The summed E-state index contributed by atoms with van der Waals surface area (Å²) in [6.07, 6.45) is 0. The fraction of sp³-hybridized carbons (Fsp3) is 0.192. The van der Waals surface area contributed by atoms with Crippen molar-refractivity contribution in [2.45, 2.75) is 19.8 Å². The number of carbonyl (C=O) groups excluding carboxylic acids is 2. The molecule has 0 bridgehead atoms. The second-order valence-corrected chi connectivity index (χ2v) is 7.98. The van der Waals surface area contributed by atoms with Gasteiger partial charge >= 0.3 is 0 Å². The van der Waals surface area contributed by atoms with Gasteiger partial charge in [0.25, 0.3) is 0 Å². The molecule has 3 aromatic carbocycles. The molecule has 1 aliphatic carbocycles. The summed E-state index contributed by atoms with van der Waals surface area (Å²) < 4.78 is 0. The summed E-state index contributed by atoms with van der Waals surface area (Å²) in [4.78, 5) is 27.1. The Labute approximate surface area is 176 Å². The first-order valence-corrected chi connectivity index (χ1v) is 9.89. The quantitative estimate of drug-likeness (QED) is 0.610. The SMILES string of the molecule is Cc1cccc(NC(=O)[C@@]2(C#N)[C@@H](c3ccccc3)[C@@]2(C)C(=O)c2ccccc2)c1. The third-order valence-corrected chi connectivity index (χ3v) is 6.20. The van der Waals surface area contributed by atoms with Gasteiger partial charge in [-0.25, -0.2) is 0 Å². The van der Waals surface area contributed by atoms with Crippen LogP contribution in [0, 0.1) is 29.1 Å². The lowest BCUT2D eigenvalue weighted by atomic mass is 9.87. The molecule has 0 unspecified atom stereocenters. The van der Waals surface area contributed by atoms with Crippen molar-refractivity contribution in [2.75, 3.05) is 5.32 Å². The van der Waals surface area contributed by atoms with E-state index in [-0.39, 0.29) is 5.78 Å². The third-order valence-electron chi connectivity index (χ3n) is 6.20. The van der Waals surface area contributed by atoms with Gasteiger partial charge in [0.1, 0.15) is 0 Å². The Morgan fingerprint density at radius 1 is 0.933 bits per heavy atom. The van der Waals surface area contributed by atoms with E-state index >= 15 is 0 Å². The van der Waals surface area contributed by atoms with Gasteiger partial charge in [0.2, 0.25) is 5.91 Å². The molecule has 3 atom stereocenters. The van der Waals surface area contributed by atoms with Gasteiger partial charge in [-0.3, -0.25) is 9.59 Å². The van der Waals surface area contributed by atoms with Gasteiger partial charge in [-0.2, -0.15) is 5.26 Å². The van der Waals surface area contributed by atoms with Crippen LogP contribution < -0.4 is 5.32 Å². The van der Waals surface area contributed by atoms with Gasteiger partial charge in [0, 0.05) is 17.2 Å². The number of Topliss-reactive ketones (excluding diaryl/α,β-unsaturated/α-hetero) is 1. The number of ketones is 1. The number of anilines is 1. The van der Waals surface area contributed by atoms with Crippen LogP contribution in [0.15, 0.2) is 84.9 Å². The van der Waals surface area contributed by atoms with Gasteiger partial charge in [-0.15, -0.1) is 0 Å². The summed E-state index contributed by atoms with van der Waals surface area (Å²) in [5, 5.41) is 13.1. The number of benzene rings is 3. The average Bonchev–Trinajstić information content (AvgIpc) is 3.35. The molecule has 0 saturated heterocycles. The van der Waals surface area contributed by atoms with Crippen LogP contribution in [-0.4, -0.2) is 11.7 Å². The molecule has 0 aromatic heterocycles. The van der Waals surface area contributed by atoms with Gasteiger partial charge in [0.15, 0.2) is 11.2 Å². The van der Waals surface area contributed by atoms with Crippen LogP contribution in [0.2, 0.25) is 0 Å². The Balaban J connectivity index is 1.79. The molecule has 1 aliphatic rings. The van der Waals surface area contributed by atoms with Crippen molar-refractivity contribution in [2.24, 2.45) is 10.8 Å². The number of carbonyl (C=O) groups is 2. The van der Waals surface area contributed by atoms with Crippen molar-refractivity contribution < 1.29 is 9.59 Å². The maximum atomic E-state index is 13.6. The Hall–Kier alpha value is -3.71. The summed E-state index contributed by atoms with van der Waals surface area (Å²) in [5.74, 6) is -1.18. The smallest absolute Gasteiger partial charge is 0.246 e. The normalized spacial score (nSPS) is 24.5. The van der Waals surface area contributed by atoms with Crippen LogP contribution >= 0.6 is 0 Å². The first-order valence-electron chi connectivity index (χ1n) is 9.89. The van der Waals surface area contributed by atoms with Gasteiger partial charge in [-0.05, 0) is 37.1 Å². The van der Waals surface area contributed by atoms with E-state index in [1.165, 1.54) is 0 Å². The summed E-state index contributed by atoms with van der Waals surface area (Å²) in [6.45, 7) is 3.67. The molecule has 4 rings (SSSR count). The number of hydrogen-bond acceptors (Lipinski definition) is 3. The molecule has 1 saturated carbocycles. The fourth-order valence-electron chi connectivity index (χ4n) is 4.60. The molecule has 0 spiro atoms. The number of rotatable bonds is 5. The highest BCUT2D eigenvalue weighted by molar-refractivity contribution is 6.14.